The Hall–Kier alpha value is 0.440. The molecule has 0 N–H and O–H groups in total. The maximum absolute atomic E-state index is 4.04. The first-order chi connectivity index (χ1) is 7.09. The lowest BCUT2D eigenvalue weighted by Crippen LogP contribution is -2.57. The van der Waals surface area contributed by atoms with E-state index < -0.39 is 0 Å². The highest BCUT2D eigenvalue weighted by Gasteiger charge is 2.55. The van der Waals surface area contributed by atoms with E-state index in [9.17, 15) is 0 Å². The molecule has 2 heteroatoms. The number of halogens is 1. The van der Waals surface area contributed by atoms with Crippen LogP contribution < -0.4 is 0 Å². The van der Waals surface area contributed by atoms with E-state index in [0.29, 0.717) is 5.41 Å². The zero-order chi connectivity index (χ0) is 10.6. The first kappa shape index (κ1) is 10.6. The number of hydrogen-bond acceptors (Lipinski definition) is 1. The van der Waals surface area contributed by atoms with E-state index >= 15 is 0 Å². The molecular weight excluding hydrogens is 250 g/mol. The van der Waals surface area contributed by atoms with Crippen LogP contribution in [0.2, 0.25) is 0 Å². The highest BCUT2D eigenvalue weighted by atomic mass is 79.9. The normalized spacial score (nSPS) is 52.8. The van der Waals surface area contributed by atoms with Gasteiger partial charge in [0.2, 0.25) is 0 Å². The molecule has 0 aromatic carbocycles. The van der Waals surface area contributed by atoms with Crippen LogP contribution in [-0.2, 0) is 0 Å². The zero-order valence-electron chi connectivity index (χ0n) is 9.88. The quantitative estimate of drug-likeness (QED) is 0.698. The van der Waals surface area contributed by atoms with Crippen molar-refractivity contribution in [1.82, 2.24) is 4.90 Å². The molecule has 0 saturated heterocycles. The topological polar surface area (TPSA) is 3.24 Å². The van der Waals surface area contributed by atoms with Crippen LogP contribution in [0, 0.1) is 23.2 Å². The second kappa shape index (κ2) is 3.46. The van der Waals surface area contributed by atoms with Crippen LogP contribution in [0.25, 0.3) is 0 Å². The van der Waals surface area contributed by atoms with Crippen LogP contribution in [0.5, 0.6) is 0 Å². The highest BCUT2D eigenvalue weighted by molar-refractivity contribution is 9.09. The molecule has 0 aliphatic heterocycles. The van der Waals surface area contributed by atoms with Crippen LogP contribution in [-0.4, -0.2) is 30.4 Å². The Kier molecular flexibility index (Phi) is 2.44. The van der Waals surface area contributed by atoms with Crippen molar-refractivity contribution in [2.24, 2.45) is 23.2 Å². The van der Waals surface area contributed by atoms with Gasteiger partial charge in [-0.2, -0.15) is 0 Å². The molecule has 4 fully saturated rings. The summed E-state index contributed by atoms with van der Waals surface area (Å²) in [5.41, 5.74) is 0.623. The van der Waals surface area contributed by atoms with E-state index in [1.165, 1.54) is 32.2 Å². The van der Waals surface area contributed by atoms with E-state index in [2.05, 4.69) is 34.9 Å². The summed E-state index contributed by atoms with van der Waals surface area (Å²) >= 11 is 4.04. The molecule has 4 aliphatic rings. The molecule has 4 bridgehead atoms. The molecule has 86 valence electrons. The molecular formula is C13H22BrN. The van der Waals surface area contributed by atoms with E-state index in [0.717, 1.165) is 22.6 Å². The summed E-state index contributed by atoms with van der Waals surface area (Å²) in [5, 5.41) is 0. The number of nitrogens with zero attached hydrogens (tertiary/aromatic N) is 1. The summed E-state index contributed by atoms with van der Waals surface area (Å²) in [4.78, 5) is 3.21. The minimum Gasteiger partial charge on any atom is -0.309 e. The lowest BCUT2D eigenvalue weighted by Gasteiger charge is -2.60. The van der Waals surface area contributed by atoms with E-state index in [-0.39, 0.29) is 0 Å². The average molecular weight is 272 g/mol. The molecule has 0 aromatic heterocycles. The van der Waals surface area contributed by atoms with Crippen molar-refractivity contribution in [2.75, 3.05) is 20.6 Å². The van der Waals surface area contributed by atoms with E-state index in [1.54, 1.807) is 6.42 Å². The third-order valence-electron chi connectivity index (χ3n) is 4.96. The van der Waals surface area contributed by atoms with Crippen molar-refractivity contribution in [2.45, 2.75) is 36.9 Å². The molecule has 0 amide bonds. The molecule has 0 radical (unpaired) electrons. The van der Waals surface area contributed by atoms with Crippen molar-refractivity contribution in [3.8, 4) is 0 Å². The minimum absolute atomic E-state index is 0.623. The highest BCUT2D eigenvalue weighted by Crippen LogP contribution is 2.62. The van der Waals surface area contributed by atoms with Gasteiger partial charge in [-0.25, -0.2) is 0 Å². The number of alkyl halides is 1. The Bertz CT molecular complexity index is 244. The lowest BCUT2D eigenvalue weighted by molar-refractivity contribution is -0.0541. The lowest BCUT2D eigenvalue weighted by atomic mass is 9.49. The first-order valence-electron chi connectivity index (χ1n) is 6.38. The van der Waals surface area contributed by atoms with Crippen LogP contribution in [0.4, 0.5) is 0 Å². The van der Waals surface area contributed by atoms with Crippen LogP contribution in [0.1, 0.15) is 32.1 Å². The fourth-order valence-electron chi connectivity index (χ4n) is 4.99. The predicted octanol–water partition coefficient (Wildman–Crippen LogP) is 3.14. The van der Waals surface area contributed by atoms with Gasteiger partial charge in [0.1, 0.15) is 0 Å². The van der Waals surface area contributed by atoms with Crippen LogP contribution >= 0.6 is 15.9 Å². The van der Waals surface area contributed by atoms with Crippen LogP contribution in [0.3, 0.4) is 0 Å². The molecule has 0 spiro atoms. The molecule has 4 rings (SSSR count). The summed E-state index contributed by atoms with van der Waals surface area (Å²) < 4.78 is 0. The fraction of sp³-hybridized carbons (Fsp3) is 1.00. The largest absolute Gasteiger partial charge is 0.309 e. The van der Waals surface area contributed by atoms with Gasteiger partial charge in [-0.15, -0.1) is 0 Å². The van der Waals surface area contributed by atoms with Crippen LogP contribution in [0.15, 0.2) is 0 Å². The van der Waals surface area contributed by atoms with Crippen molar-refractivity contribution in [3.05, 3.63) is 0 Å². The van der Waals surface area contributed by atoms with Gasteiger partial charge in [0, 0.05) is 11.4 Å². The maximum atomic E-state index is 4.04. The predicted molar refractivity (Wildman–Crippen MR) is 67.3 cm³/mol. The minimum atomic E-state index is 0.623. The summed E-state index contributed by atoms with van der Waals surface area (Å²) in [6.07, 6.45) is 7.57. The molecule has 15 heavy (non-hydrogen) atoms. The summed E-state index contributed by atoms with van der Waals surface area (Å²) in [5.74, 6) is 3.13. The Labute approximate surface area is 102 Å². The van der Waals surface area contributed by atoms with Gasteiger partial charge in [0.05, 0.1) is 0 Å². The Morgan fingerprint density at radius 3 is 2.27 bits per heavy atom. The zero-order valence-corrected chi connectivity index (χ0v) is 11.5. The monoisotopic (exact) mass is 271 g/mol. The third kappa shape index (κ3) is 1.59. The van der Waals surface area contributed by atoms with Crippen molar-refractivity contribution >= 4 is 15.9 Å². The van der Waals surface area contributed by atoms with Crippen molar-refractivity contribution in [3.63, 3.8) is 0 Å². The standard InChI is InChI=1S/C13H22BrN/c1-15(2)8-13-6-9-3-10(7-13)5-11(4-9)12(13)14/h9-12H,3-8H2,1-2H3. The van der Waals surface area contributed by atoms with Gasteiger partial charge in [0.25, 0.3) is 0 Å². The molecule has 3 atom stereocenters. The number of hydrogen-bond donors (Lipinski definition) is 0. The maximum Gasteiger partial charge on any atom is 0.0243 e. The van der Waals surface area contributed by atoms with Gasteiger partial charge in [0.15, 0.2) is 0 Å². The fourth-order valence-corrected chi connectivity index (χ4v) is 5.94. The Morgan fingerprint density at radius 1 is 1.13 bits per heavy atom. The Morgan fingerprint density at radius 2 is 1.73 bits per heavy atom. The molecule has 3 unspecified atom stereocenters. The van der Waals surface area contributed by atoms with E-state index in [1.807, 2.05) is 0 Å². The molecule has 4 saturated carbocycles. The summed E-state index contributed by atoms with van der Waals surface area (Å²) in [7, 11) is 4.47. The van der Waals surface area contributed by atoms with Gasteiger partial charge in [-0.1, -0.05) is 15.9 Å². The third-order valence-corrected chi connectivity index (χ3v) is 6.68. The van der Waals surface area contributed by atoms with Crippen molar-refractivity contribution in [1.29, 1.82) is 0 Å². The van der Waals surface area contributed by atoms with E-state index in [4.69, 9.17) is 0 Å². The molecule has 0 aromatic rings. The molecule has 0 heterocycles. The second-order valence-electron chi connectivity index (χ2n) is 6.61. The smallest absolute Gasteiger partial charge is 0.0243 e. The Balaban J connectivity index is 1.87. The molecule has 4 aliphatic carbocycles. The van der Waals surface area contributed by atoms with Crippen molar-refractivity contribution < 1.29 is 0 Å². The number of rotatable bonds is 2. The van der Waals surface area contributed by atoms with Gasteiger partial charge in [-0.3, -0.25) is 0 Å². The van der Waals surface area contributed by atoms with Gasteiger partial charge in [-0.05, 0) is 69.4 Å². The average Bonchev–Trinajstić information content (AvgIpc) is 2.11. The second-order valence-corrected chi connectivity index (χ2v) is 7.60. The SMILES string of the molecule is CN(C)CC12CC3CC(CC(C3)C1Br)C2. The molecule has 1 nitrogen and oxygen atoms in total. The summed E-state index contributed by atoms with van der Waals surface area (Å²) in [6.45, 7) is 1.30. The van der Waals surface area contributed by atoms with Gasteiger partial charge < -0.3 is 4.90 Å². The summed E-state index contributed by atoms with van der Waals surface area (Å²) in [6, 6.07) is 0. The van der Waals surface area contributed by atoms with Gasteiger partial charge >= 0.3 is 0 Å². The first-order valence-corrected chi connectivity index (χ1v) is 7.29.